The van der Waals surface area contributed by atoms with Gasteiger partial charge in [-0.2, -0.15) is 0 Å². The van der Waals surface area contributed by atoms with E-state index in [0.717, 1.165) is 5.56 Å². The average molecular weight is 404 g/mol. The molecule has 0 aromatic carbocycles. The standard InChI is InChI=1S/C22H28O7/c1-12(24)28-16-8-14(10-23)21(2)6-4-15-20(26)29-17(13-5-7-27-11-13)9-22(15,3)19(21)18(16)25/h5,7,11,14-17,19,23H,4,6,8-10H2,1-3H3/t14-,15?,16-,17-,19?,21-,22-/m0/s1. The van der Waals surface area contributed by atoms with Crippen LogP contribution in [-0.4, -0.2) is 35.5 Å². The van der Waals surface area contributed by atoms with E-state index >= 15 is 0 Å². The van der Waals surface area contributed by atoms with Gasteiger partial charge < -0.3 is 19.0 Å². The predicted molar refractivity (Wildman–Crippen MR) is 100 cm³/mol. The van der Waals surface area contributed by atoms with E-state index < -0.39 is 40.8 Å². The molecule has 7 nitrogen and oxygen atoms in total. The molecule has 7 atom stereocenters. The van der Waals surface area contributed by atoms with Crippen LogP contribution in [0.3, 0.4) is 0 Å². The van der Waals surface area contributed by atoms with Crippen LogP contribution in [0.5, 0.6) is 0 Å². The Balaban J connectivity index is 1.76. The predicted octanol–water partition coefficient (Wildman–Crippen LogP) is 2.82. The van der Waals surface area contributed by atoms with Gasteiger partial charge in [0.05, 0.1) is 18.4 Å². The molecule has 0 amide bonds. The Morgan fingerprint density at radius 2 is 2.07 bits per heavy atom. The van der Waals surface area contributed by atoms with Crippen LogP contribution in [0.15, 0.2) is 23.0 Å². The zero-order valence-electron chi connectivity index (χ0n) is 17.1. The summed E-state index contributed by atoms with van der Waals surface area (Å²) in [7, 11) is 0. The third kappa shape index (κ3) is 3.01. The van der Waals surface area contributed by atoms with Crippen LogP contribution in [0.4, 0.5) is 0 Å². The fraction of sp³-hybridized carbons (Fsp3) is 0.682. The van der Waals surface area contributed by atoms with Gasteiger partial charge in [0.25, 0.3) is 0 Å². The first-order chi connectivity index (χ1) is 13.7. The van der Waals surface area contributed by atoms with Crippen LogP contribution in [0.1, 0.15) is 58.1 Å². The van der Waals surface area contributed by atoms with E-state index in [-0.39, 0.29) is 24.3 Å². The first-order valence-corrected chi connectivity index (χ1v) is 10.2. The molecule has 29 heavy (non-hydrogen) atoms. The topological polar surface area (TPSA) is 103 Å². The molecule has 3 aliphatic rings. The average Bonchev–Trinajstić information content (AvgIpc) is 3.17. The van der Waals surface area contributed by atoms with Crippen LogP contribution < -0.4 is 0 Å². The Bertz CT molecular complexity index is 815. The van der Waals surface area contributed by atoms with Gasteiger partial charge in [-0.3, -0.25) is 14.4 Å². The van der Waals surface area contributed by atoms with Gasteiger partial charge in [-0.1, -0.05) is 13.8 Å². The number of furan rings is 1. The van der Waals surface area contributed by atoms with Crippen LogP contribution in [0, 0.1) is 28.6 Å². The summed E-state index contributed by atoms with van der Waals surface area (Å²) < 4.78 is 16.2. The van der Waals surface area contributed by atoms with Crippen molar-refractivity contribution in [1.82, 2.24) is 0 Å². The van der Waals surface area contributed by atoms with Crippen molar-refractivity contribution in [2.75, 3.05) is 6.61 Å². The minimum atomic E-state index is -0.886. The van der Waals surface area contributed by atoms with Crippen molar-refractivity contribution < 1.29 is 33.4 Å². The fourth-order valence-electron chi connectivity index (χ4n) is 6.35. The molecule has 0 radical (unpaired) electrons. The van der Waals surface area contributed by atoms with E-state index in [0.29, 0.717) is 25.7 Å². The SMILES string of the molecule is CC(=O)O[C@H]1C[C@@H](CO)[C@]2(C)CCC3C(=O)O[C@H](c4ccoc4)C[C@]3(C)C2C1=O. The van der Waals surface area contributed by atoms with Gasteiger partial charge in [0.2, 0.25) is 0 Å². The molecule has 4 rings (SSSR count). The van der Waals surface area contributed by atoms with E-state index in [1.165, 1.54) is 13.2 Å². The molecule has 0 bridgehead atoms. The highest BCUT2D eigenvalue weighted by atomic mass is 16.6. The summed E-state index contributed by atoms with van der Waals surface area (Å²) in [5.74, 6) is -2.04. The molecule has 7 heteroatoms. The minimum Gasteiger partial charge on any atom is -0.472 e. The summed E-state index contributed by atoms with van der Waals surface area (Å²) in [5, 5.41) is 10.1. The molecule has 1 aliphatic heterocycles. The van der Waals surface area contributed by atoms with Crippen molar-refractivity contribution in [2.45, 2.75) is 58.7 Å². The highest BCUT2D eigenvalue weighted by Gasteiger charge is 2.66. The largest absolute Gasteiger partial charge is 0.472 e. The Hall–Kier alpha value is -2.15. The van der Waals surface area contributed by atoms with Gasteiger partial charge in [0.15, 0.2) is 11.9 Å². The number of fused-ring (bicyclic) bond motifs is 3. The highest BCUT2D eigenvalue weighted by Crippen LogP contribution is 2.64. The molecule has 2 aliphatic carbocycles. The van der Waals surface area contributed by atoms with E-state index in [9.17, 15) is 19.5 Å². The number of hydrogen-bond donors (Lipinski definition) is 1. The van der Waals surface area contributed by atoms with E-state index in [1.807, 2.05) is 13.8 Å². The molecular formula is C22H28O7. The quantitative estimate of drug-likeness (QED) is 0.773. The lowest BCUT2D eigenvalue weighted by atomic mass is 9.43. The normalized spacial score (nSPS) is 41.9. The van der Waals surface area contributed by atoms with Crippen molar-refractivity contribution in [3.63, 3.8) is 0 Å². The highest BCUT2D eigenvalue weighted by molar-refractivity contribution is 5.91. The Kier molecular flexibility index (Phi) is 4.84. The van der Waals surface area contributed by atoms with Crippen LogP contribution in [-0.2, 0) is 23.9 Å². The first kappa shape index (κ1) is 20.1. The molecular weight excluding hydrogens is 376 g/mol. The second kappa shape index (κ2) is 6.97. The summed E-state index contributed by atoms with van der Waals surface area (Å²) in [6.45, 7) is 5.21. The molecule has 2 saturated carbocycles. The Morgan fingerprint density at radius 3 is 2.69 bits per heavy atom. The molecule has 1 aromatic heterocycles. The van der Waals surface area contributed by atoms with Crippen LogP contribution >= 0.6 is 0 Å². The van der Waals surface area contributed by atoms with Gasteiger partial charge in [0, 0.05) is 25.0 Å². The Morgan fingerprint density at radius 1 is 1.31 bits per heavy atom. The monoisotopic (exact) mass is 404 g/mol. The number of Topliss-reactive ketones (excluding diaryl/α,β-unsaturated/α-hetero) is 1. The molecule has 1 aromatic rings. The van der Waals surface area contributed by atoms with Crippen molar-refractivity contribution in [1.29, 1.82) is 0 Å². The summed E-state index contributed by atoms with van der Waals surface area (Å²) in [4.78, 5) is 38.1. The number of hydrogen-bond acceptors (Lipinski definition) is 7. The maximum Gasteiger partial charge on any atom is 0.310 e. The minimum absolute atomic E-state index is 0.0889. The molecule has 3 fully saturated rings. The molecule has 1 N–H and O–H groups in total. The number of esters is 2. The van der Waals surface area contributed by atoms with E-state index in [2.05, 4.69) is 0 Å². The smallest absolute Gasteiger partial charge is 0.310 e. The zero-order chi connectivity index (χ0) is 21.0. The number of carbonyl (C=O) groups is 3. The zero-order valence-corrected chi connectivity index (χ0v) is 17.1. The summed E-state index contributed by atoms with van der Waals surface area (Å²) in [6.07, 6.45) is 3.79. The van der Waals surface area contributed by atoms with Crippen LogP contribution in [0.25, 0.3) is 0 Å². The third-order valence-corrected chi connectivity index (χ3v) is 7.73. The number of ether oxygens (including phenoxy) is 2. The number of carbonyl (C=O) groups excluding carboxylic acids is 3. The maximum atomic E-state index is 13.6. The van der Waals surface area contributed by atoms with Gasteiger partial charge in [0.1, 0.15) is 6.10 Å². The molecule has 158 valence electrons. The van der Waals surface area contributed by atoms with Gasteiger partial charge in [-0.05, 0) is 48.5 Å². The summed E-state index contributed by atoms with van der Waals surface area (Å²) >= 11 is 0. The lowest BCUT2D eigenvalue weighted by Crippen LogP contribution is -2.64. The van der Waals surface area contributed by atoms with Crippen molar-refractivity contribution in [3.05, 3.63) is 24.2 Å². The Labute approximate surface area is 169 Å². The van der Waals surface area contributed by atoms with Gasteiger partial charge in [-0.25, -0.2) is 0 Å². The van der Waals surface area contributed by atoms with Crippen molar-refractivity contribution in [3.8, 4) is 0 Å². The number of ketones is 1. The van der Waals surface area contributed by atoms with Crippen molar-refractivity contribution >= 4 is 17.7 Å². The van der Waals surface area contributed by atoms with E-state index in [1.54, 1.807) is 12.3 Å². The number of aliphatic hydroxyl groups is 1. The fourth-order valence-corrected chi connectivity index (χ4v) is 6.35. The maximum absolute atomic E-state index is 13.6. The lowest BCUT2D eigenvalue weighted by Gasteiger charge is -2.61. The second-order valence-electron chi connectivity index (χ2n) is 9.34. The number of cyclic esters (lactones) is 1. The lowest BCUT2D eigenvalue weighted by molar-refractivity contribution is -0.209. The second-order valence-corrected chi connectivity index (χ2v) is 9.34. The number of rotatable bonds is 3. The molecule has 2 heterocycles. The number of aliphatic hydroxyl groups excluding tert-OH is 1. The summed E-state index contributed by atoms with van der Waals surface area (Å²) in [5.41, 5.74) is -0.358. The van der Waals surface area contributed by atoms with Crippen molar-refractivity contribution in [2.24, 2.45) is 28.6 Å². The first-order valence-electron chi connectivity index (χ1n) is 10.2. The summed E-state index contributed by atoms with van der Waals surface area (Å²) in [6, 6.07) is 1.77. The third-order valence-electron chi connectivity index (χ3n) is 7.73. The molecule has 1 saturated heterocycles. The molecule has 0 spiro atoms. The molecule has 2 unspecified atom stereocenters. The van der Waals surface area contributed by atoms with Gasteiger partial charge >= 0.3 is 11.9 Å². The van der Waals surface area contributed by atoms with Crippen LogP contribution in [0.2, 0.25) is 0 Å². The van der Waals surface area contributed by atoms with Gasteiger partial charge in [-0.15, -0.1) is 0 Å². The van der Waals surface area contributed by atoms with E-state index in [4.69, 9.17) is 13.9 Å².